The van der Waals surface area contributed by atoms with Crippen molar-refractivity contribution in [1.82, 2.24) is 10.1 Å². The first-order chi connectivity index (χ1) is 9.56. The highest BCUT2D eigenvalue weighted by Crippen LogP contribution is 2.43. The van der Waals surface area contributed by atoms with Gasteiger partial charge in [0.2, 0.25) is 11.7 Å². The number of nitrogen functional groups attached to an aromatic ring is 1. The molecule has 0 amide bonds. The highest BCUT2D eigenvalue weighted by Gasteiger charge is 2.43. The molecule has 4 nitrogen and oxygen atoms in total. The van der Waals surface area contributed by atoms with Gasteiger partial charge in [-0.25, -0.2) is 8.78 Å². The molecule has 0 radical (unpaired) electrons. The van der Waals surface area contributed by atoms with Crippen LogP contribution in [0.5, 0.6) is 0 Å². The maximum Gasteiger partial charge on any atom is 0.233 e. The first kappa shape index (κ1) is 14.4. The minimum atomic E-state index is -0.905. The van der Waals surface area contributed by atoms with E-state index in [0.717, 1.165) is 0 Å². The lowest BCUT2D eigenvalue weighted by molar-refractivity contribution is 0.363. The predicted octanol–water partition coefficient (Wildman–Crippen LogP) is 3.62. The molecule has 2 N–H and O–H groups in total. The van der Waals surface area contributed by atoms with Crippen LogP contribution in [0.15, 0.2) is 16.7 Å². The maximum atomic E-state index is 13.5. The molecule has 2 atom stereocenters. The van der Waals surface area contributed by atoms with Gasteiger partial charge in [-0.3, -0.25) is 0 Å². The lowest BCUT2D eigenvalue weighted by Crippen LogP contribution is -1.95. The molecule has 2 aromatic rings. The first-order valence-corrected chi connectivity index (χ1v) is 6.60. The fraction of sp³-hybridized carbons (Fsp3) is 0.429. The Morgan fingerprint density at radius 2 is 2.00 bits per heavy atom. The van der Waals surface area contributed by atoms with Crippen LogP contribution in [0.2, 0.25) is 0 Å². The average Bonchev–Trinajstić information content (AvgIpc) is 2.98. The third-order valence-electron chi connectivity index (χ3n) is 3.11. The van der Waals surface area contributed by atoms with Crippen molar-refractivity contribution in [1.29, 1.82) is 0 Å². The molecule has 1 fully saturated rings. The standard InChI is InChI=1S/C12H11F2N3O.C2H6/c1-5-8(13)2-6(3-10(5)15)11-16-12(18-17-11)7-4-9(7)14;1-2/h2-3,7,9H,4,15H2,1H3;1-2H3/t7-,9?;/m1./s1. The average molecular weight is 281 g/mol. The number of anilines is 1. The van der Waals surface area contributed by atoms with Crippen LogP contribution in [0.25, 0.3) is 11.4 Å². The summed E-state index contributed by atoms with van der Waals surface area (Å²) >= 11 is 0. The molecule has 1 aromatic carbocycles. The third kappa shape index (κ3) is 2.64. The summed E-state index contributed by atoms with van der Waals surface area (Å²) in [6.45, 7) is 5.59. The molecule has 108 valence electrons. The van der Waals surface area contributed by atoms with Gasteiger partial charge in [0.1, 0.15) is 12.0 Å². The SMILES string of the molecule is CC.Cc1c(N)cc(-c2noc([C@@H]3CC3F)n2)cc1F. The van der Waals surface area contributed by atoms with Crippen molar-refractivity contribution in [3.8, 4) is 11.4 Å². The molecule has 0 spiro atoms. The molecule has 1 aromatic heterocycles. The van der Waals surface area contributed by atoms with Gasteiger partial charge in [0.05, 0.1) is 5.92 Å². The molecular weight excluding hydrogens is 264 g/mol. The molecule has 20 heavy (non-hydrogen) atoms. The molecule has 1 saturated carbocycles. The molecule has 1 aliphatic carbocycles. The molecule has 3 rings (SSSR count). The molecule has 0 bridgehead atoms. The van der Waals surface area contributed by atoms with E-state index >= 15 is 0 Å². The van der Waals surface area contributed by atoms with Gasteiger partial charge in [0, 0.05) is 16.8 Å². The van der Waals surface area contributed by atoms with Gasteiger partial charge < -0.3 is 10.3 Å². The number of alkyl halides is 1. The smallest absolute Gasteiger partial charge is 0.233 e. The zero-order valence-electron chi connectivity index (χ0n) is 11.7. The van der Waals surface area contributed by atoms with E-state index in [1.54, 1.807) is 13.0 Å². The number of hydrogen-bond donors (Lipinski definition) is 1. The van der Waals surface area contributed by atoms with Gasteiger partial charge >= 0.3 is 0 Å². The van der Waals surface area contributed by atoms with Gasteiger partial charge in [0.15, 0.2) is 0 Å². The van der Waals surface area contributed by atoms with E-state index in [-0.39, 0.29) is 17.6 Å². The molecule has 0 saturated heterocycles. The second kappa shape index (κ2) is 5.56. The minimum Gasteiger partial charge on any atom is -0.398 e. The van der Waals surface area contributed by atoms with Crippen LogP contribution in [-0.2, 0) is 0 Å². The zero-order chi connectivity index (χ0) is 14.9. The van der Waals surface area contributed by atoms with Crippen molar-refractivity contribution in [3.05, 3.63) is 29.4 Å². The van der Waals surface area contributed by atoms with Crippen LogP contribution in [0.3, 0.4) is 0 Å². The van der Waals surface area contributed by atoms with Gasteiger partial charge in [0.25, 0.3) is 0 Å². The topological polar surface area (TPSA) is 64.9 Å². The number of nitrogens with zero attached hydrogens (tertiary/aromatic N) is 2. The van der Waals surface area contributed by atoms with Crippen LogP contribution in [0.4, 0.5) is 14.5 Å². The Hall–Kier alpha value is -1.98. The Bertz CT molecular complexity index is 589. The van der Waals surface area contributed by atoms with Gasteiger partial charge in [-0.15, -0.1) is 0 Å². The maximum absolute atomic E-state index is 13.5. The van der Waals surface area contributed by atoms with Crippen molar-refractivity contribution >= 4 is 5.69 Å². The van der Waals surface area contributed by atoms with Crippen LogP contribution in [0, 0.1) is 12.7 Å². The Morgan fingerprint density at radius 3 is 2.55 bits per heavy atom. The van der Waals surface area contributed by atoms with Crippen molar-refractivity contribution in [2.45, 2.75) is 39.3 Å². The third-order valence-corrected chi connectivity index (χ3v) is 3.11. The summed E-state index contributed by atoms with van der Waals surface area (Å²) < 4.78 is 31.3. The Kier molecular flexibility index (Phi) is 4.01. The van der Waals surface area contributed by atoms with Gasteiger partial charge in [-0.1, -0.05) is 19.0 Å². The number of hydrogen-bond acceptors (Lipinski definition) is 4. The quantitative estimate of drug-likeness (QED) is 0.854. The Morgan fingerprint density at radius 1 is 1.35 bits per heavy atom. The summed E-state index contributed by atoms with van der Waals surface area (Å²) in [5.74, 6) is -0.239. The van der Waals surface area contributed by atoms with E-state index in [9.17, 15) is 8.78 Å². The van der Waals surface area contributed by atoms with Crippen LogP contribution in [-0.4, -0.2) is 16.3 Å². The molecule has 1 aliphatic rings. The van der Waals surface area contributed by atoms with E-state index in [1.807, 2.05) is 13.8 Å². The van der Waals surface area contributed by atoms with Crippen LogP contribution < -0.4 is 5.73 Å². The normalized spacial score (nSPS) is 20.2. The molecular formula is C14H17F2N3O. The van der Waals surface area contributed by atoms with E-state index in [0.29, 0.717) is 23.2 Å². The lowest BCUT2D eigenvalue weighted by atomic mass is 10.1. The van der Waals surface area contributed by atoms with Crippen molar-refractivity contribution < 1.29 is 13.3 Å². The highest BCUT2D eigenvalue weighted by molar-refractivity contribution is 5.63. The Labute approximate surface area is 116 Å². The molecule has 1 unspecified atom stereocenters. The largest absolute Gasteiger partial charge is 0.398 e. The Balaban J connectivity index is 0.000000704. The van der Waals surface area contributed by atoms with E-state index < -0.39 is 12.0 Å². The summed E-state index contributed by atoms with van der Waals surface area (Å²) in [5.41, 5.74) is 6.81. The minimum absolute atomic E-state index is 0.231. The molecule has 0 aliphatic heterocycles. The van der Waals surface area contributed by atoms with Crippen LogP contribution >= 0.6 is 0 Å². The number of aromatic nitrogens is 2. The number of benzene rings is 1. The highest BCUT2D eigenvalue weighted by atomic mass is 19.1. The summed E-state index contributed by atoms with van der Waals surface area (Å²) in [6.07, 6.45) is -0.496. The van der Waals surface area contributed by atoms with Gasteiger partial charge in [-0.2, -0.15) is 4.98 Å². The van der Waals surface area contributed by atoms with Gasteiger partial charge in [-0.05, 0) is 25.5 Å². The van der Waals surface area contributed by atoms with E-state index in [1.165, 1.54) is 6.07 Å². The summed E-state index contributed by atoms with van der Waals surface area (Å²) in [6, 6.07) is 2.87. The van der Waals surface area contributed by atoms with E-state index in [2.05, 4.69) is 10.1 Å². The number of rotatable bonds is 2. The second-order valence-corrected chi connectivity index (χ2v) is 4.49. The number of nitrogens with two attached hydrogens (primary N) is 1. The fourth-order valence-corrected chi connectivity index (χ4v) is 1.75. The zero-order valence-corrected chi connectivity index (χ0v) is 11.7. The summed E-state index contributed by atoms with van der Waals surface area (Å²) in [4.78, 5) is 4.06. The first-order valence-electron chi connectivity index (χ1n) is 6.60. The number of halogens is 2. The molecule has 6 heteroatoms. The predicted molar refractivity (Wildman–Crippen MR) is 72.4 cm³/mol. The molecule has 1 heterocycles. The summed E-state index contributed by atoms with van der Waals surface area (Å²) in [7, 11) is 0. The fourth-order valence-electron chi connectivity index (χ4n) is 1.75. The van der Waals surface area contributed by atoms with Crippen molar-refractivity contribution in [3.63, 3.8) is 0 Å². The lowest BCUT2D eigenvalue weighted by Gasteiger charge is -2.03. The van der Waals surface area contributed by atoms with Crippen molar-refractivity contribution in [2.24, 2.45) is 0 Å². The van der Waals surface area contributed by atoms with Crippen LogP contribution in [0.1, 0.15) is 37.6 Å². The van der Waals surface area contributed by atoms with Crippen molar-refractivity contribution in [2.75, 3.05) is 5.73 Å². The monoisotopic (exact) mass is 281 g/mol. The second-order valence-electron chi connectivity index (χ2n) is 4.49. The summed E-state index contributed by atoms with van der Waals surface area (Å²) in [5, 5.41) is 3.72. The van der Waals surface area contributed by atoms with E-state index in [4.69, 9.17) is 10.3 Å².